The molecule has 0 aromatic carbocycles. The Morgan fingerprint density at radius 1 is 2.00 bits per heavy atom. The Morgan fingerprint density at radius 2 is 2.00 bits per heavy atom. The van der Waals surface area contributed by atoms with E-state index < -0.39 is 0 Å². The first-order chi connectivity index (χ1) is 1.41. The average molecular weight is 246 g/mol. The van der Waals surface area contributed by atoms with Crippen molar-refractivity contribution in [3.8, 4) is 0 Å². The van der Waals surface area contributed by atoms with Gasteiger partial charge in [0.15, 0.2) is 0 Å². The Morgan fingerprint density at radius 3 is 2.00 bits per heavy atom. The first-order valence-corrected chi connectivity index (χ1v) is 2.50. The van der Waals surface area contributed by atoms with E-state index in [0.717, 1.165) is 0 Å². The van der Waals surface area contributed by atoms with Crippen LogP contribution in [0.1, 0.15) is 9.78 Å². The summed E-state index contributed by atoms with van der Waals surface area (Å²) in [6.45, 7) is 2.11. The minimum atomic E-state index is 0. The van der Waals surface area contributed by atoms with Crippen LogP contribution in [0.15, 0.2) is 0 Å². The van der Waals surface area contributed by atoms with Crippen LogP contribution in [-0.2, 0) is 0 Å². The quantitative estimate of drug-likeness (QED) is 0.343. The van der Waals surface area contributed by atoms with E-state index in [1.807, 2.05) is 0 Å². The zero-order valence-corrected chi connectivity index (χ0v) is 8.43. The van der Waals surface area contributed by atoms with Crippen LogP contribution in [0.2, 0.25) is 0 Å². The van der Waals surface area contributed by atoms with Gasteiger partial charge in [-0.05, 0) is 4.43 Å². The molecule has 0 saturated carbocycles. The van der Waals surface area contributed by atoms with Crippen LogP contribution in [0.4, 0.5) is 0 Å². The van der Waals surface area contributed by atoms with Gasteiger partial charge in [0.25, 0.3) is 0 Å². The summed E-state index contributed by atoms with van der Waals surface area (Å²) in [5.41, 5.74) is 0. The summed E-state index contributed by atoms with van der Waals surface area (Å²) < 4.78 is 1.22. The van der Waals surface area contributed by atoms with Gasteiger partial charge in [0.05, 0.1) is 0 Å². The number of alkyl halides is 1. The maximum absolute atomic E-state index is 2.29. The van der Waals surface area contributed by atoms with Crippen LogP contribution in [-0.4, -0.2) is 49.9 Å². The topological polar surface area (TPSA) is 0 Å². The molecule has 0 bridgehead atoms. The van der Waals surface area contributed by atoms with Crippen molar-refractivity contribution in [2.24, 2.45) is 0 Å². The number of halogens is 1. The van der Waals surface area contributed by atoms with Gasteiger partial charge in [-0.15, -0.1) is 0 Å². The van der Waals surface area contributed by atoms with Crippen LogP contribution in [0.25, 0.3) is 0 Å². The first-order valence-electron chi connectivity index (χ1n) is 0.974. The zero-order valence-electron chi connectivity index (χ0n) is 4.79. The third-order valence-electron chi connectivity index (χ3n) is 0. The molecular formula is C2H7ISr. The van der Waals surface area contributed by atoms with Gasteiger partial charge in [-0.2, -0.15) is 0 Å². The van der Waals surface area contributed by atoms with Crippen LogP contribution >= 0.6 is 22.6 Å². The Bertz CT molecular complexity index is 11.5. The van der Waals surface area contributed by atoms with Gasteiger partial charge in [-0.1, -0.05) is 29.5 Å². The number of hydrogen-bond donors (Lipinski definition) is 0. The smallest absolute Gasteiger partial charge is 1.00 e. The van der Waals surface area contributed by atoms with E-state index in [9.17, 15) is 0 Å². The Kier molecular flexibility index (Phi) is 21.3. The molecule has 0 atom stereocenters. The molecule has 0 heterocycles. The van der Waals surface area contributed by atoms with E-state index in [1.165, 1.54) is 4.43 Å². The van der Waals surface area contributed by atoms with E-state index in [1.54, 1.807) is 0 Å². The monoisotopic (exact) mass is 246 g/mol. The fourth-order valence-electron chi connectivity index (χ4n) is 0. The van der Waals surface area contributed by atoms with Crippen molar-refractivity contribution < 1.29 is 2.85 Å². The van der Waals surface area contributed by atoms with Crippen molar-refractivity contribution in [2.45, 2.75) is 6.92 Å². The minimum absolute atomic E-state index is 0. The van der Waals surface area contributed by atoms with E-state index in [2.05, 4.69) is 29.5 Å². The summed E-state index contributed by atoms with van der Waals surface area (Å²) in [7, 11) is 0. The van der Waals surface area contributed by atoms with E-state index >= 15 is 0 Å². The largest absolute Gasteiger partial charge is 2.00 e. The summed E-state index contributed by atoms with van der Waals surface area (Å²) in [6, 6.07) is 0. The third-order valence-corrected chi connectivity index (χ3v) is 0. The molecule has 0 unspecified atom stereocenters. The van der Waals surface area contributed by atoms with Crippen LogP contribution in [0.5, 0.6) is 0 Å². The first kappa shape index (κ1) is 9.51. The molecule has 0 aromatic rings. The predicted molar refractivity (Wildman–Crippen MR) is 32.5 cm³/mol. The molecule has 0 N–H and O–H groups in total. The molecule has 24 valence electrons. The Hall–Kier alpha value is 2.21. The number of rotatable bonds is 0. The molecule has 0 aliphatic heterocycles. The summed E-state index contributed by atoms with van der Waals surface area (Å²) in [4.78, 5) is 0. The number of hydrogen-bond acceptors (Lipinski definition) is 0. The standard InChI is InChI=1S/C2H5I.Sr.2H/c1-2-3;;;/h2H2,1H3;;;/q;+2;2*-1. The molecule has 0 aromatic heterocycles. The second kappa shape index (κ2) is 8.96. The van der Waals surface area contributed by atoms with E-state index in [0.29, 0.717) is 0 Å². The van der Waals surface area contributed by atoms with Gasteiger partial charge in [-0.3, -0.25) is 0 Å². The summed E-state index contributed by atoms with van der Waals surface area (Å²) in [5, 5.41) is 0. The van der Waals surface area contributed by atoms with Crippen molar-refractivity contribution >= 4 is 68.1 Å². The van der Waals surface area contributed by atoms with Crippen molar-refractivity contribution in [1.29, 1.82) is 0 Å². The maximum Gasteiger partial charge on any atom is 2.00 e. The van der Waals surface area contributed by atoms with Crippen LogP contribution in [0.3, 0.4) is 0 Å². The molecule has 0 fully saturated rings. The fraction of sp³-hybridized carbons (Fsp3) is 1.00. The molecule has 0 saturated heterocycles. The average Bonchev–Trinajstić information content (AvgIpc) is 0.918. The van der Waals surface area contributed by atoms with Crippen molar-refractivity contribution in [1.82, 2.24) is 0 Å². The molecule has 0 spiro atoms. The minimum Gasteiger partial charge on any atom is -1.00 e. The van der Waals surface area contributed by atoms with Gasteiger partial charge >= 0.3 is 45.5 Å². The molecule has 4 heavy (non-hydrogen) atoms. The molecule has 0 aliphatic rings. The van der Waals surface area contributed by atoms with E-state index in [4.69, 9.17) is 0 Å². The SMILES string of the molecule is CCI.[H-].[H-].[Sr+2]. The summed E-state index contributed by atoms with van der Waals surface area (Å²) >= 11 is 2.29. The Balaban J connectivity index is -0.00000000667. The molecule has 0 nitrogen and oxygen atoms in total. The normalized spacial score (nSPS) is 4.50. The summed E-state index contributed by atoms with van der Waals surface area (Å²) in [6.07, 6.45) is 0. The van der Waals surface area contributed by atoms with Gasteiger partial charge < -0.3 is 2.85 Å². The van der Waals surface area contributed by atoms with Gasteiger partial charge in [0.2, 0.25) is 0 Å². The van der Waals surface area contributed by atoms with Crippen LogP contribution in [0, 0.1) is 0 Å². The van der Waals surface area contributed by atoms with Gasteiger partial charge in [-0.25, -0.2) is 0 Å². The van der Waals surface area contributed by atoms with Gasteiger partial charge in [0, 0.05) is 0 Å². The third kappa shape index (κ3) is 8.88. The zero-order chi connectivity index (χ0) is 2.71. The molecule has 0 amide bonds. The van der Waals surface area contributed by atoms with E-state index in [-0.39, 0.29) is 48.3 Å². The van der Waals surface area contributed by atoms with Crippen molar-refractivity contribution in [3.63, 3.8) is 0 Å². The summed E-state index contributed by atoms with van der Waals surface area (Å²) in [5.74, 6) is 0. The predicted octanol–water partition coefficient (Wildman–Crippen LogP) is 1.29. The fourth-order valence-corrected chi connectivity index (χ4v) is 0. The molecular weight excluding hydrogens is 239 g/mol. The van der Waals surface area contributed by atoms with Crippen LogP contribution < -0.4 is 0 Å². The maximum atomic E-state index is 2.29. The van der Waals surface area contributed by atoms with Gasteiger partial charge in [0.1, 0.15) is 0 Å². The molecule has 0 aliphatic carbocycles. The van der Waals surface area contributed by atoms with Crippen molar-refractivity contribution in [3.05, 3.63) is 0 Å². The van der Waals surface area contributed by atoms with Crippen molar-refractivity contribution in [2.75, 3.05) is 4.43 Å². The second-order valence-corrected chi connectivity index (χ2v) is 1.79. The second-order valence-electron chi connectivity index (χ2n) is 0.267. The molecule has 0 rings (SSSR count). The molecule has 2 heteroatoms. The Labute approximate surface area is 80.7 Å². The molecule has 0 radical (unpaired) electrons.